The van der Waals surface area contributed by atoms with Crippen LogP contribution in [0.4, 0.5) is 34.1 Å². The van der Waals surface area contributed by atoms with Crippen LogP contribution in [0.3, 0.4) is 0 Å². The summed E-state index contributed by atoms with van der Waals surface area (Å²) in [5, 5.41) is 2.25. The Morgan fingerprint density at radius 1 is 0.200 bits per heavy atom. The minimum atomic E-state index is -0.590. The molecule has 1 heterocycles. The standard InChI is InChI=1S/C107H70N2O/c1-105(2)92-38-14-6-29-80(92)86-59-57-77(65-99(86)105)109(75-52-46-67(47-53-75)71-50-58-87-85-34-11-19-43-97(85)106(100(87)64-71)93-39-15-7-30-81(93)82-31-8-16-40-94(82)106)102-44-20-12-28-78(102)72-25-22-24-69(62-72)70-51-61-98-91(63-70)88-60-56-76(66-101(88)107(98)95-41-17-9-32-83(95)84-33-10-18-42-96(84)107)108(73-26-4-3-5-27-73)74-54-48-68(49-55-74)79-36-23-37-90-89-35-13-21-45-103(89)110-104(79)90/h3-66H,1-2H3. The summed E-state index contributed by atoms with van der Waals surface area (Å²) in [5.41, 5.74) is 42.3. The second kappa shape index (κ2) is 23.6. The summed E-state index contributed by atoms with van der Waals surface area (Å²) in [6.07, 6.45) is 0. The quantitative estimate of drug-likeness (QED) is 0.136. The molecular formula is C107H70N2O. The van der Waals surface area contributed by atoms with Crippen molar-refractivity contribution in [3.05, 3.63) is 444 Å². The first-order valence-corrected chi connectivity index (χ1v) is 38.4. The van der Waals surface area contributed by atoms with E-state index in [1.807, 2.05) is 6.07 Å². The zero-order valence-corrected chi connectivity index (χ0v) is 60.8. The van der Waals surface area contributed by atoms with Crippen LogP contribution >= 0.6 is 0 Å². The average Bonchev–Trinajstić information content (AvgIpc) is 1.51. The van der Waals surface area contributed by atoms with Crippen LogP contribution in [-0.2, 0) is 16.2 Å². The van der Waals surface area contributed by atoms with Crippen molar-refractivity contribution >= 4 is 56.1 Å². The molecule has 18 aromatic rings. The minimum absolute atomic E-state index is 0.205. The Labute approximate surface area is 640 Å². The number of anilines is 6. The summed E-state index contributed by atoms with van der Waals surface area (Å²) in [5.74, 6) is 0. The molecule has 23 rings (SSSR count). The molecule has 0 bridgehead atoms. The molecule has 0 aliphatic heterocycles. The van der Waals surface area contributed by atoms with Crippen LogP contribution in [0.2, 0.25) is 0 Å². The Morgan fingerprint density at radius 3 is 1.22 bits per heavy atom. The lowest BCUT2D eigenvalue weighted by atomic mass is 9.70. The van der Waals surface area contributed by atoms with Crippen molar-refractivity contribution in [1.29, 1.82) is 0 Å². The molecule has 0 amide bonds. The van der Waals surface area contributed by atoms with E-state index in [2.05, 4.69) is 406 Å². The summed E-state index contributed by atoms with van der Waals surface area (Å²) in [6, 6.07) is 146. The molecule has 110 heavy (non-hydrogen) atoms. The molecule has 514 valence electrons. The predicted molar refractivity (Wildman–Crippen MR) is 455 cm³/mol. The summed E-state index contributed by atoms with van der Waals surface area (Å²) < 4.78 is 6.57. The number of nitrogens with zero attached hydrogens (tertiary/aromatic N) is 2. The second-order valence-electron chi connectivity index (χ2n) is 30.9. The van der Waals surface area contributed by atoms with E-state index >= 15 is 0 Å². The van der Waals surface area contributed by atoms with Crippen molar-refractivity contribution in [2.45, 2.75) is 30.1 Å². The molecule has 3 heteroatoms. The molecular weight excluding hydrogens is 1330 g/mol. The van der Waals surface area contributed by atoms with Crippen LogP contribution in [0.25, 0.3) is 122 Å². The van der Waals surface area contributed by atoms with Crippen molar-refractivity contribution in [3.8, 4) is 100 Å². The van der Waals surface area contributed by atoms with Gasteiger partial charge in [-0.1, -0.05) is 311 Å². The Morgan fingerprint density at radius 2 is 0.582 bits per heavy atom. The molecule has 2 spiro atoms. The van der Waals surface area contributed by atoms with Crippen molar-refractivity contribution in [2.24, 2.45) is 0 Å². The number of hydrogen-bond donors (Lipinski definition) is 0. The fourth-order valence-electron chi connectivity index (χ4n) is 20.4. The van der Waals surface area contributed by atoms with E-state index in [4.69, 9.17) is 4.42 Å². The largest absolute Gasteiger partial charge is 0.455 e. The van der Waals surface area contributed by atoms with Gasteiger partial charge in [-0.25, -0.2) is 0 Å². The van der Waals surface area contributed by atoms with Gasteiger partial charge in [0, 0.05) is 55.8 Å². The van der Waals surface area contributed by atoms with Crippen LogP contribution in [-0.4, -0.2) is 0 Å². The zero-order chi connectivity index (χ0) is 72.6. The highest BCUT2D eigenvalue weighted by molar-refractivity contribution is 6.10. The van der Waals surface area contributed by atoms with Gasteiger partial charge in [0.2, 0.25) is 0 Å². The van der Waals surface area contributed by atoms with E-state index < -0.39 is 10.8 Å². The monoisotopic (exact) mass is 1400 g/mol. The van der Waals surface area contributed by atoms with Gasteiger partial charge in [-0.3, -0.25) is 0 Å². The van der Waals surface area contributed by atoms with E-state index in [1.165, 1.54) is 122 Å². The molecule has 3 nitrogen and oxygen atoms in total. The van der Waals surface area contributed by atoms with Gasteiger partial charge in [0.1, 0.15) is 11.2 Å². The van der Waals surface area contributed by atoms with Crippen LogP contribution in [0.15, 0.2) is 393 Å². The third kappa shape index (κ3) is 8.71. The highest BCUT2D eigenvalue weighted by atomic mass is 16.3. The Kier molecular flexibility index (Phi) is 13.4. The average molecular weight is 1400 g/mol. The second-order valence-corrected chi connectivity index (χ2v) is 30.9. The first kappa shape index (κ1) is 62.4. The highest BCUT2D eigenvalue weighted by Crippen LogP contribution is 2.66. The maximum absolute atomic E-state index is 6.57. The maximum atomic E-state index is 6.57. The molecule has 17 aromatic carbocycles. The van der Waals surface area contributed by atoms with E-state index in [9.17, 15) is 0 Å². The fourth-order valence-corrected chi connectivity index (χ4v) is 20.4. The Bertz CT molecular complexity index is 6780. The van der Waals surface area contributed by atoms with E-state index in [-0.39, 0.29) is 5.41 Å². The number of benzene rings is 17. The molecule has 0 atom stereocenters. The SMILES string of the molecule is CC1(C)c2ccccc2-c2ccc(N(c3ccc(-c4ccc5c(c4)C4(c6ccccc6-c6ccccc64)c4ccccc4-5)cc3)c3ccccc3-c3cccc(-c4ccc5c(c4)-c4ccc(N(c6ccccc6)c6ccc(-c7cccc8c7oc7ccccc78)cc6)cc4C54c5ccccc5-c5ccccc54)c3)cc21. The Balaban J connectivity index is 0.644. The van der Waals surface area contributed by atoms with Crippen LogP contribution in [0.1, 0.15) is 69.5 Å². The highest BCUT2D eigenvalue weighted by Gasteiger charge is 2.54. The topological polar surface area (TPSA) is 19.6 Å². The number of para-hydroxylation sites is 4. The van der Waals surface area contributed by atoms with E-state index in [0.29, 0.717) is 0 Å². The molecule has 1 aromatic heterocycles. The molecule has 0 N–H and O–H groups in total. The normalized spacial score (nSPS) is 13.9. The molecule has 0 radical (unpaired) electrons. The van der Waals surface area contributed by atoms with Gasteiger partial charge >= 0.3 is 0 Å². The predicted octanol–water partition coefficient (Wildman–Crippen LogP) is 28.2. The third-order valence-electron chi connectivity index (χ3n) is 25.1. The smallest absolute Gasteiger partial charge is 0.143 e. The minimum Gasteiger partial charge on any atom is -0.455 e. The first-order valence-electron chi connectivity index (χ1n) is 38.4. The van der Waals surface area contributed by atoms with Gasteiger partial charge in [-0.15, -0.1) is 0 Å². The summed E-state index contributed by atoms with van der Waals surface area (Å²) in [7, 11) is 0. The molecule has 5 aliphatic rings. The summed E-state index contributed by atoms with van der Waals surface area (Å²) >= 11 is 0. The number of furan rings is 1. The fraction of sp³-hybridized carbons (Fsp3) is 0.0467. The van der Waals surface area contributed by atoms with Crippen molar-refractivity contribution in [3.63, 3.8) is 0 Å². The molecule has 0 unspecified atom stereocenters. The zero-order valence-electron chi connectivity index (χ0n) is 60.8. The lowest BCUT2D eigenvalue weighted by molar-refractivity contribution is 0.660. The number of fused-ring (bicyclic) bond motifs is 26. The van der Waals surface area contributed by atoms with Gasteiger partial charge in [0.25, 0.3) is 0 Å². The van der Waals surface area contributed by atoms with Crippen LogP contribution < -0.4 is 9.80 Å². The summed E-state index contributed by atoms with van der Waals surface area (Å²) in [6.45, 7) is 4.77. The number of rotatable bonds is 10. The third-order valence-corrected chi connectivity index (χ3v) is 25.1. The lowest BCUT2D eigenvalue weighted by Gasteiger charge is -2.32. The van der Waals surface area contributed by atoms with Crippen LogP contribution in [0, 0.1) is 0 Å². The van der Waals surface area contributed by atoms with Gasteiger partial charge in [0.15, 0.2) is 0 Å². The molecule has 0 saturated heterocycles. The maximum Gasteiger partial charge on any atom is 0.143 e. The van der Waals surface area contributed by atoms with Gasteiger partial charge in [-0.2, -0.15) is 0 Å². The first-order chi connectivity index (χ1) is 54.3. The Hall–Kier alpha value is -13.9. The lowest BCUT2D eigenvalue weighted by Crippen LogP contribution is -2.26. The van der Waals surface area contributed by atoms with Gasteiger partial charge < -0.3 is 14.2 Å². The van der Waals surface area contributed by atoms with E-state index in [1.54, 1.807) is 0 Å². The number of hydrogen-bond acceptors (Lipinski definition) is 3. The summed E-state index contributed by atoms with van der Waals surface area (Å²) in [4.78, 5) is 4.92. The van der Waals surface area contributed by atoms with Crippen molar-refractivity contribution in [1.82, 2.24) is 0 Å². The van der Waals surface area contributed by atoms with Gasteiger partial charge in [0.05, 0.1) is 16.5 Å². The van der Waals surface area contributed by atoms with Crippen molar-refractivity contribution < 1.29 is 4.42 Å². The van der Waals surface area contributed by atoms with Crippen molar-refractivity contribution in [2.75, 3.05) is 9.80 Å². The van der Waals surface area contributed by atoms with E-state index in [0.717, 1.165) is 89.4 Å². The van der Waals surface area contributed by atoms with Gasteiger partial charge in [-0.05, 0) is 236 Å². The van der Waals surface area contributed by atoms with Crippen LogP contribution in [0.5, 0.6) is 0 Å². The molecule has 0 fully saturated rings. The molecule has 5 aliphatic carbocycles. The molecule has 0 saturated carbocycles.